The Balaban J connectivity index is 2.12. The van der Waals surface area contributed by atoms with Crippen molar-refractivity contribution in [3.8, 4) is 29.4 Å². The highest BCUT2D eigenvalue weighted by Crippen LogP contribution is 2.27. The summed E-state index contributed by atoms with van der Waals surface area (Å²) in [6.45, 7) is 1.35. The van der Waals surface area contributed by atoms with Gasteiger partial charge in [0.15, 0.2) is 0 Å². The maximum absolute atomic E-state index is 11.9. The second-order valence-electron chi connectivity index (χ2n) is 7.05. The van der Waals surface area contributed by atoms with Gasteiger partial charge in [0, 0.05) is 18.1 Å². The van der Waals surface area contributed by atoms with E-state index in [0.29, 0.717) is 33.7 Å². The Morgan fingerprint density at radius 3 is 1.62 bits per heavy atom. The molecule has 0 atom stereocenters. The molecule has 1 amide bonds. The van der Waals surface area contributed by atoms with E-state index < -0.39 is 11.9 Å². The standard InChI is InChI=1S/C27H19NO6/c1-17(29)28-25-20(11-9-18-5-3-7-22(13-18)26(30)31)15-24(34-2)16-21(25)12-10-19-6-4-8-23(14-19)27(32)33/h3-8,13-16H,1-2H3,(H,28,29)(H,30,31)(H,32,33). The first-order valence-electron chi connectivity index (χ1n) is 9.97. The third-order valence-electron chi connectivity index (χ3n) is 4.55. The number of anilines is 1. The van der Waals surface area contributed by atoms with Gasteiger partial charge in [0.2, 0.25) is 5.91 Å². The molecule has 0 aliphatic carbocycles. The largest absolute Gasteiger partial charge is 0.497 e. The topological polar surface area (TPSA) is 113 Å². The Kier molecular flexibility index (Phi) is 7.33. The molecule has 0 unspecified atom stereocenters. The molecule has 34 heavy (non-hydrogen) atoms. The zero-order valence-electron chi connectivity index (χ0n) is 18.3. The average molecular weight is 453 g/mol. The molecule has 0 bridgehead atoms. The van der Waals surface area contributed by atoms with E-state index in [-0.39, 0.29) is 17.0 Å². The monoisotopic (exact) mass is 453 g/mol. The van der Waals surface area contributed by atoms with Gasteiger partial charge in [-0.3, -0.25) is 4.79 Å². The highest BCUT2D eigenvalue weighted by molar-refractivity contribution is 5.93. The van der Waals surface area contributed by atoms with E-state index in [1.165, 1.54) is 38.3 Å². The number of carboxylic acids is 2. The van der Waals surface area contributed by atoms with Gasteiger partial charge >= 0.3 is 11.9 Å². The molecule has 0 aromatic heterocycles. The molecule has 0 saturated carbocycles. The van der Waals surface area contributed by atoms with E-state index in [4.69, 9.17) is 4.74 Å². The van der Waals surface area contributed by atoms with Crippen LogP contribution >= 0.6 is 0 Å². The number of nitrogens with one attached hydrogen (secondary N) is 1. The molecule has 0 spiro atoms. The van der Waals surface area contributed by atoms with Crippen LogP contribution in [0.4, 0.5) is 5.69 Å². The van der Waals surface area contributed by atoms with Crippen molar-refractivity contribution in [1.29, 1.82) is 0 Å². The van der Waals surface area contributed by atoms with Crippen LogP contribution in [-0.4, -0.2) is 35.2 Å². The number of ether oxygens (including phenoxy) is 1. The fraction of sp³-hybridized carbons (Fsp3) is 0.0741. The molecule has 0 heterocycles. The van der Waals surface area contributed by atoms with E-state index in [0.717, 1.165) is 0 Å². The Labute approximate surface area is 196 Å². The van der Waals surface area contributed by atoms with Gasteiger partial charge in [-0.15, -0.1) is 0 Å². The number of carbonyl (C=O) groups is 3. The highest BCUT2D eigenvalue weighted by Gasteiger charge is 2.11. The van der Waals surface area contributed by atoms with Crippen molar-refractivity contribution in [2.45, 2.75) is 6.92 Å². The molecular weight excluding hydrogens is 434 g/mol. The maximum atomic E-state index is 11.9. The van der Waals surface area contributed by atoms with Gasteiger partial charge < -0.3 is 20.3 Å². The number of rotatable bonds is 4. The molecule has 168 valence electrons. The van der Waals surface area contributed by atoms with Crippen molar-refractivity contribution in [1.82, 2.24) is 0 Å². The number of methoxy groups -OCH3 is 1. The number of amides is 1. The normalized spacial score (nSPS) is 9.59. The summed E-state index contributed by atoms with van der Waals surface area (Å²) < 4.78 is 5.36. The quantitative estimate of drug-likeness (QED) is 0.517. The van der Waals surface area contributed by atoms with Crippen LogP contribution in [0.3, 0.4) is 0 Å². The maximum Gasteiger partial charge on any atom is 0.335 e. The summed E-state index contributed by atoms with van der Waals surface area (Å²) in [4.78, 5) is 34.3. The van der Waals surface area contributed by atoms with Gasteiger partial charge in [-0.05, 0) is 48.5 Å². The molecule has 3 N–H and O–H groups in total. The Bertz CT molecular complexity index is 1320. The fourth-order valence-corrected chi connectivity index (χ4v) is 2.98. The number of benzene rings is 3. The van der Waals surface area contributed by atoms with Gasteiger partial charge in [-0.1, -0.05) is 35.8 Å². The predicted molar refractivity (Wildman–Crippen MR) is 126 cm³/mol. The number of hydrogen-bond donors (Lipinski definition) is 3. The van der Waals surface area contributed by atoms with Gasteiger partial charge in [-0.25, -0.2) is 9.59 Å². The Morgan fingerprint density at radius 1 is 0.765 bits per heavy atom. The van der Waals surface area contributed by atoms with Crippen LogP contribution in [0.2, 0.25) is 0 Å². The third kappa shape index (κ3) is 6.03. The lowest BCUT2D eigenvalue weighted by molar-refractivity contribution is -0.114. The first-order chi connectivity index (χ1) is 16.3. The van der Waals surface area contributed by atoms with Crippen LogP contribution in [-0.2, 0) is 4.79 Å². The second kappa shape index (κ2) is 10.5. The number of aromatic carboxylic acids is 2. The second-order valence-corrected chi connectivity index (χ2v) is 7.05. The smallest absolute Gasteiger partial charge is 0.335 e. The van der Waals surface area contributed by atoms with Gasteiger partial charge in [-0.2, -0.15) is 0 Å². The van der Waals surface area contributed by atoms with E-state index in [1.807, 2.05) is 0 Å². The number of carboxylic acid groups (broad SMARTS) is 2. The van der Waals surface area contributed by atoms with Crippen LogP contribution in [0.15, 0.2) is 60.7 Å². The summed E-state index contributed by atoms with van der Waals surface area (Å²) in [5.74, 6) is 9.71. The molecular formula is C27H19NO6. The minimum atomic E-state index is -1.06. The van der Waals surface area contributed by atoms with E-state index in [9.17, 15) is 24.6 Å². The lowest BCUT2D eigenvalue weighted by Gasteiger charge is -2.11. The minimum absolute atomic E-state index is 0.106. The van der Waals surface area contributed by atoms with Crippen molar-refractivity contribution in [3.05, 3.63) is 94.0 Å². The molecule has 0 radical (unpaired) electrons. The van der Waals surface area contributed by atoms with Crippen molar-refractivity contribution < 1.29 is 29.3 Å². The summed E-state index contributed by atoms with van der Waals surface area (Å²) in [5.41, 5.74) is 2.36. The Hall–Kier alpha value is -5.01. The molecule has 0 fully saturated rings. The molecule has 3 rings (SSSR count). The number of carbonyl (C=O) groups excluding carboxylic acids is 1. The molecule has 0 aliphatic rings. The molecule has 0 saturated heterocycles. The van der Waals surface area contributed by atoms with Crippen LogP contribution in [0.5, 0.6) is 5.75 Å². The molecule has 7 nitrogen and oxygen atoms in total. The fourth-order valence-electron chi connectivity index (χ4n) is 2.98. The molecule has 0 aliphatic heterocycles. The SMILES string of the molecule is COc1cc(C#Cc2cccc(C(=O)O)c2)c(NC(C)=O)c(C#Cc2cccc(C(=O)O)c2)c1. The average Bonchev–Trinajstić information content (AvgIpc) is 2.82. The summed E-state index contributed by atoms with van der Waals surface area (Å²) in [6.07, 6.45) is 0. The van der Waals surface area contributed by atoms with Crippen molar-refractivity contribution in [2.75, 3.05) is 12.4 Å². The van der Waals surface area contributed by atoms with Crippen molar-refractivity contribution >= 4 is 23.5 Å². The van der Waals surface area contributed by atoms with Gasteiger partial charge in [0.25, 0.3) is 0 Å². The lowest BCUT2D eigenvalue weighted by atomic mass is 10.0. The first-order valence-corrected chi connectivity index (χ1v) is 9.97. The predicted octanol–water partition coefficient (Wildman–Crippen LogP) is 3.85. The van der Waals surface area contributed by atoms with Crippen molar-refractivity contribution in [3.63, 3.8) is 0 Å². The van der Waals surface area contributed by atoms with E-state index >= 15 is 0 Å². The highest BCUT2D eigenvalue weighted by atomic mass is 16.5. The zero-order valence-corrected chi connectivity index (χ0v) is 18.3. The van der Waals surface area contributed by atoms with Crippen LogP contribution in [0.1, 0.15) is 49.9 Å². The third-order valence-corrected chi connectivity index (χ3v) is 4.55. The summed E-state index contributed by atoms with van der Waals surface area (Å²) >= 11 is 0. The summed E-state index contributed by atoms with van der Waals surface area (Å²) in [7, 11) is 1.48. The molecule has 3 aromatic rings. The van der Waals surface area contributed by atoms with Gasteiger partial charge in [0.05, 0.1) is 35.1 Å². The first kappa shape index (κ1) is 23.6. The minimum Gasteiger partial charge on any atom is -0.497 e. The van der Waals surface area contributed by atoms with E-state index in [1.54, 1.807) is 36.4 Å². The van der Waals surface area contributed by atoms with Crippen molar-refractivity contribution in [2.24, 2.45) is 0 Å². The molecule has 7 heteroatoms. The van der Waals surface area contributed by atoms with Crippen LogP contribution in [0, 0.1) is 23.7 Å². The van der Waals surface area contributed by atoms with Crippen LogP contribution < -0.4 is 10.1 Å². The van der Waals surface area contributed by atoms with Gasteiger partial charge in [0.1, 0.15) is 5.75 Å². The summed E-state index contributed by atoms with van der Waals surface area (Å²) in [5, 5.41) is 21.1. The van der Waals surface area contributed by atoms with Crippen LogP contribution in [0.25, 0.3) is 0 Å². The lowest BCUT2D eigenvalue weighted by Crippen LogP contribution is -2.09. The number of hydrogen-bond acceptors (Lipinski definition) is 4. The van der Waals surface area contributed by atoms with E-state index in [2.05, 4.69) is 29.0 Å². The Morgan fingerprint density at radius 2 is 1.24 bits per heavy atom. The summed E-state index contributed by atoms with van der Waals surface area (Å²) in [6, 6.07) is 15.6. The molecule has 3 aromatic carbocycles. The zero-order chi connectivity index (χ0) is 24.7.